The van der Waals surface area contributed by atoms with Gasteiger partial charge in [-0.15, -0.1) is 0 Å². The molecule has 40 heavy (non-hydrogen) atoms. The van der Waals surface area contributed by atoms with Crippen LogP contribution in [0.15, 0.2) is 66.7 Å². The van der Waals surface area contributed by atoms with Crippen molar-refractivity contribution in [2.45, 2.75) is 38.8 Å². The Bertz CT molecular complexity index is 1260. The predicted octanol–water partition coefficient (Wildman–Crippen LogP) is 6.36. The van der Waals surface area contributed by atoms with Gasteiger partial charge < -0.3 is 19.5 Å². The average Bonchev–Trinajstić information content (AvgIpc) is 2.95. The third-order valence-corrected chi connectivity index (χ3v) is 7.42. The number of carbonyl (C=O) groups is 1. The smallest absolute Gasteiger partial charge is 0.238 e. The Hall–Kier alpha value is -3.10. The molecule has 0 radical (unpaired) electrons. The molecule has 0 saturated carbocycles. The van der Waals surface area contributed by atoms with Gasteiger partial charge in [0.25, 0.3) is 0 Å². The number of fused-ring (bicyclic) bond motifs is 2. The lowest BCUT2D eigenvalue weighted by Gasteiger charge is -2.27. The molecular weight excluding hydrogens is 526 g/mol. The Kier molecular flexibility index (Phi) is 10.3. The number of rotatable bonds is 4. The number of ether oxygens (including phenoxy) is 3. The molecule has 212 valence electrons. The van der Waals surface area contributed by atoms with Crippen LogP contribution < -0.4 is 14.8 Å². The van der Waals surface area contributed by atoms with E-state index < -0.39 is 0 Å². The Morgan fingerprint density at radius 3 is 2.30 bits per heavy atom. The summed E-state index contributed by atoms with van der Waals surface area (Å²) in [5.41, 5.74) is 3.04. The van der Waals surface area contributed by atoms with E-state index in [4.69, 9.17) is 25.8 Å². The third kappa shape index (κ3) is 8.45. The molecular formula is C32H38ClN3O4. The van der Waals surface area contributed by atoms with Crippen molar-refractivity contribution in [3.05, 3.63) is 82.9 Å². The van der Waals surface area contributed by atoms with E-state index in [1.54, 1.807) is 18.2 Å². The number of hydrogen-bond donors (Lipinski definition) is 1. The second kappa shape index (κ2) is 14.5. The van der Waals surface area contributed by atoms with E-state index in [1.807, 2.05) is 24.3 Å². The normalized spacial score (nSPS) is 18.1. The minimum absolute atomic E-state index is 0.104. The molecule has 5 rings (SSSR count). The molecule has 8 heteroatoms. The molecule has 2 heterocycles. The second-order valence-electron chi connectivity index (χ2n) is 10.4. The van der Waals surface area contributed by atoms with Crippen LogP contribution in [0.5, 0.6) is 17.2 Å². The summed E-state index contributed by atoms with van der Waals surface area (Å²) in [6, 6.07) is 21.6. The fourth-order valence-electron chi connectivity index (χ4n) is 5.14. The first kappa shape index (κ1) is 28.4. The zero-order valence-corrected chi connectivity index (χ0v) is 23.7. The van der Waals surface area contributed by atoms with E-state index in [2.05, 4.69) is 39.4 Å². The highest BCUT2D eigenvalue weighted by Gasteiger charge is 2.17. The van der Waals surface area contributed by atoms with Crippen LogP contribution in [0.3, 0.4) is 0 Å². The zero-order valence-electron chi connectivity index (χ0n) is 22.9. The van der Waals surface area contributed by atoms with Crippen LogP contribution in [-0.4, -0.2) is 61.7 Å². The molecule has 3 aromatic rings. The molecule has 0 bridgehead atoms. The van der Waals surface area contributed by atoms with Gasteiger partial charge in [0, 0.05) is 31.2 Å². The van der Waals surface area contributed by atoms with E-state index >= 15 is 0 Å². The highest BCUT2D eigenvalue weighted by molar-refractivity contribution is 6.31. The number of halogens is 1. The molecule has 0 aromatic heterocycles. The van der Waals surface area contributed by atoms with Crippen molar-refractivity contribution in [3.8, 4) is 17.2 Å². The number of benzene rings is 3. The molecule has 0 atom stereocenters. The monoisotopic (exact) mass is 563 g/mol. The van der Waals surface area contributed by atoms with Crippen molar-refractivity contribution in [3.63, 3.8) is 0 Å². The van der Waals surface area contributed by atoms with Crippen LogP contribution in [-0.2, 0) is 22.6 Å². The molecule has 0 spiro atoms. The van der Waals surface area contributed by atoms with Gasteiger partial charge >= 0.3 is 0 Å². The number of anilines is 1. The van der Waals surface area contributed by atoms with Crippen molar-refractivity contribution >= 4 is 23.2 Å². The molecule has 3 aromatic carbocycles. The fourth-order valence-corrected chi connectivity index (χ4v) is 5.32. The van der Waals surface area contributed by atoms with Gasteiger partial charge in [-0.2, -0.15) is 0 Å². The lowest BCUT2D eigenvalue weighted by atomic mass is 10.1. The maximum absolute atomic E-state index is 13.3. The number of carbonyl (C=O) groups excluding carboxylic acids is 1. The summed E-state index contributed by atoms with van der Waals surface area (Å²) in [7, 11) is 0. The Morgan fingerprint density at radius 2 is 1.48 bits per heavy atom. The standard InChI is InChI=1S/C32H38ClN3O4/c33-27-12-13-29-28(21-27)34-32(37)24-36(14-5-1-2-6-17-39-30-10-3-4-11-31(30)40-29)23-26-9-7-8-25(20-26)22-35-15-18-38-19-16-35/h3-4,7-13,20-21H,1-2,5-6,14-19,22-24H2,(H,34,37). The number of morpholine rings is 1. The van der Waals surface area contributed by atoms with Crippen molar-refractivity contribution in [1.82, 2.24) is 9.80 Å². The molecule has 0 aliphatic carbocycles. The summed E-state index contributed by atoms with van der Waals surface area (Å²) in [6.07, 6.45) is 4.13. The Balaban J connectivity index is 1.31. The minimum atomic E-state index is -0.104. The highest BCUT2D eigenvalue weighted by Crippen LogP contribution is 2.36. The molecule has 7 nitrogen and oxygen atoms in total. The molecule has 1 amide bonds. The lowest BCUT2D eigenvalue weighted by molar-refractivity contribution is -0.117. The Morgan fingerprint density at radius 1 is 0.725 bits per heavy atom. The first-order valence-corrected chi connectivity index (χ1v) is 14.6. The number of amides is 1. The summed E-state index contributed by atoms with van der Waals surface area (Å²) in [4.78, 5) is 18.0. The SMILES string of the molecule is O=C1CN(Cc2cccc(CN3CCOCC3)c2)CCCCCCOc2ccccc2Oc2ccc(Cl)cc2N1. The van der Waals surface area contributed by atoms with E-state index in [0.717, 1.165) is 65.1 Å². The van der Waals surface area contributed by atoms with Crippen LogP contribution in [0.2, 0.25) is 5.02 Å². The van der Waals surface area contributed by atoms with Crippen molar-refractivity contribution in [2.24, 2.45) is 0 Å². The van der Waals surface area contributed by atoms with E-state index in [1.165, 1.54) is 11.1 Å². The van der Waals surface area contributed by atoms with Gasteiger partial charge in [-0.3, -0.25) is 14.6 Å². The fraction of sp³-hybridized carbons (Fsp3) is 0.406. The van der Waals surface area contributed by atoms with Gasteiger partial charge in [-0.05, 0) is 60.8 Å². The number of nitrogens with one attached hydrogen (secondary N) is 1. The first-order valence-electron chi connectivity index (χ1n) is 14.2. The Labute approximate surface area is 242 Å². The maximum atomic E-state index is 13.3. The molecule has 1 fully saturated rings. The summed E-state index contributed by atoms with van der Waals surface area (Å²) in [6.45, 7) is 6.87. The quantitative estimate of drug-likeness (QED) is 0.399. The van der Waals surface area contributed by atoms with Crippen molar-refractivity contribution < 1.29 is 19.0 Å². The topological polar surface area (TPSA) is 63.3 Å². The molecule has 0 unspecified atom stereocenters. The van der Waals surface area contributed by atoms with Gasteiger partial charge in [0.15, 0.2) is 17.2 Å². The first-order chi connectivity index (χ1) is 19.6. The third-order valence-electron chi connectivity index (χ3n) is 7.19. The van der Waals surface area contributed by atoms with E-state index in [9.17, 15) is 4.79 Å². The summed E-state index contributed by atoms with van der Waals surface area (Å²) in [5, 5.41) is 3.57. The maximum Gasteiger partial charge on any atom is 0.238 e. The lowest BCUT2D eigenvalue weighted by Crippen LogP contribution is -2.35. The van der Waals surface area contributed by atoms with Gasteiger partial charge in [0.1, 0.15) is 0 Å². The average molecular weight is 564 g/mol. The predicted molar refractivity (Wildman–Crippen MR) is 158 cm³/mol. The summed E-state index contributed by atoms with van der Waals surface area (Å²) >= 11 is 6.31. The molecule has 1 N–H and O–H groups in total. The molecule has 2 aliphatic heterocycles. The minimum Gasteiger partial charge on any atom is -0.490 e. The van der Waals surface area contributed by atoms with Crippen LogP contribution in [0.4, 0.5) is 5.69 Å². The summed E-state index contributed by atoms with van der Waals surface area (Å²) < 4.78 is 17.8. The second-order valence-corrected chi connectivity index (χ2v) is 10.9. The summed E-state index contributed by atoms with van der Waals surface area (Å²) in [5.74, 6) is 1.70. The van der Waals surface area contributed by atoms with Crippen LogP contribution >= 0.6 is 11.6 Å². The van der Waals surface area contributed by atoms with Gasteiger partial charge in [0.2, 0.25) is 5.91 Å². The molecule has 1 saturated heterocycles. The van der Waals surface area contributed by atoms with Crippen LogP contribution in [0.1, 0.15) is 36.8 Å². The van der Waals surface area contributed by atoms with E-state index in [-0.39, 0.29) is 12.5 Å². The van der Waals surface area contributed by atoms with E-state index in [0.29, 0.717) is 41.1 Å². The van der Waals surface area contributed by atoms with Gasteiger partial charge in [0.05, 0.1) is 32.1 Å². The van der Waals surface area contributed by atoms with Crippen LogP contribution in [0, 0.1) is 0 Å². The van der Waals surface area contributed by atoms with Crippen molar-refractivity contribution in [1.29, 1.82) is 0 Å². The van der Waals surface area contributed by atoms with Crippen LogP contribution in [0.25, 0.3) is 0 Å². The van der Waals surface area contributed by atoms with Gasteiger partial charge in [-0.1, -0.05) is 60.8 Å². The highest BCUT2D eigenvalue weighted by atomic mass is 35.5. The largest absolute Gasteiger partial charge is 0.490 e. The number of hydrogen-bond acceptors (Lipinski definition) is 6. The number of nitrogens with zero attached hydrogens (tertiary/aromatic N) is 2. The number of para-hydroxylation sites is 2. The van der Waals surface area contributed by atoms with Gasteiger partial charge in [-0.25, -0.2) is 0 Å². The van der Waals surface area contributed by atoms with Crippen molar-refractivity contribution in [2.75, 3.05) is 51.3 Å². The zero-order chi connectivity index (χ0) is 27.6. The molecule has 2 aliphatic rings.